The predicted molar refractivity (Wildman–Crippen MR) is 78.4 cm³/mol. The van der Waals surface area contributed by atoms with Crippen LogP contribution in [0.3, 0.4) is 0 Å². The minimum absolute atomic E-state index is 0.160. The van der Waals surface area contributed by atoms with E-state index < -0.39 is 10.0 Å². The fourth-order valence-corrected chi connectivity index (χ4v) is 3.07. The van der Waals surface area contributed by atoms with E-state index >= 15 is 0 Å². The van der Waals surface area contributed by atoms with E-state index in [4.69, 9.17) is 6.42 Å². The lowest BCUT2D eigenvalue weighted by molar-refractivity contribution is 0.570. The van der Waals surface area contributed by atoms with Gasteiger partial charge in [0.15, 0.2) is 0 Å². The molecule has 1 unspecified atom stereocenters. The van der Waals surface area contributed by atoms with Crippen molar-refractivity contribution in [1.82, 2.24) is 4.72 Å². The number of hydrogen-bond acceptors (Lipinski definition) is 3. The molecule has 0 bridgehead atoms. The van der Waals surface area contributed by atoms with Crippen LogP contribution in [-0.2, 0) is 10.0 Å². The molecule has 2 N–H and O–H groups in total. The maximum absolute atomic E-state index is 12.2. The Hall–Kier alpha value is -1.51. The van der Waals surface area contributed by atoms with Crippen LogP contribution in [0.4, 0.5) is 5.69 Å². The van der Waals surface area contributed by atoms with Crippen LogP contribution in [0.15, 0.2) is 29.2 Å². The molecular formula is C14H20N2O2S. The third-order valence-corrected chi connectivity index (χ3v) is 4.22. The number of benzene rings is 1. The summed E-state index contributed by atoms with van der Waals surface area (Å²) < 4.78 is 27.0. The number of nitrogens with one attached hydrogen (secondary N) is 2. The Morgan fingerprint density at radius 2 is 1.95 bits per heavy atom. The lowest BCUT2D eigenvalue weighted by Crippen LogP contribution is -2.31. The summed E-state index contributed by atoms with van der Waals surface area (Å²) in [5, 5.41) is 3.07. The molecule has 104 valence electrons. The summed E-state index contributed by atoms with van der Waals surface area (Å²) in [5.74, 6) is 2.59. The molecule has 0 aliphatic carbocycles. The van der Waals surface area contributed by atoms with Crippen molar-refractivity contribution >= 4 is 15.7 Å². The molecular weight excluding hydrogens is 260 g/mol. The molecule has 0 aliphatic heterocycles. The Morgan fingerprint density at radius 3 is 2.47 bits per heavy atom. The van der Waals surface area contributed by atoms with E-state index in [2.05, 4.69) is 16.0 Å². The van der Waals surface area contributed by atoms with Crippen LogP contribution in [0.1, 0.15) is 27.2 Å². The van der Waals surface area contributed by atoms with Gasteiger partial charge < -0.3 is 5.32 Å². The van der Waals surface area contributed by atoms with Crippen LogP contribution in [0, 0.1) is 12.3 Å². The zero-order chi connectivity index (χ0) is 14.5. The van der Waals surface area contributed by atoms with Crippen molar-refractivity contribution in [3.63, 3.8) is 0 Å². The molecule has 0 amide bonds. The van der Waals surface area contributed by atoms with Gasteiger partial charge in [0.1, 0.15) is 4.90 Å². The van der Waals surface area contributed by atoms with Gasteiger partial charge in [0.25, 0.3) is 0 Å². The molecule has 1 rings (SSSR count). The fourth-order valence-electron chi connectivity index (χ4n) is 1.64. The minimum Gasteiger partial charge on any atom is -0.370 e. The van der Waals surface area contributed by atoms with E-state index in [0.717, 1.165) is 6.42 Å². The van der Waals surface area contributed by atoms with Gasteiger partial charge >= 0.3 is 0 Å². The third-order valence-electron chi connectivity index (χ3n) is 2.51. The van der Waals surface area contributed by atoms with E-state index in [0.29, 0.717) is 5.69 Å². The first kappa shape index (κ1) is 15.5. The maximum atomic E-state index is 12.2. The number of sulfonamides is 1. The standard InChI is InChI=1S/C14H20N2O2S/c1-5-12(6-2)15-13-9-7-8-10-14(13)19(17,18)16-11(3)4/h1,7-12,15-16H,6H2,2-4H3. The largest absolute Gasteiger partial charge is 0.370 e. The van der Waals surface area contributed by atoms with E-state index in [1.807, 2.05) is 6.92 Å². The van der Waals surface area contributed by atoms with Crippen LogP contribution >= 0.6 is 0 Å². The summed E-state index contributed by atoms with van der Waals surface area (Å²) in [5.41, 5.74) is 0.528. The van der Waals surface area contributed by atoms with E-state index in [9.17, 15) is 8.42 Å². The SMILES string of the molecule is C#CC(CC)Nc1ccccc1S(=O)(=O)NC(C)C. The number of rotatable bonds is 6. The van der Waals surface area contributed by atoms with Gasteiger partial charge in [0.05, 0.1) is 11.7 Å². The normalized spacial score (nSPS) is 13.0. The van der Waals surface area contributed by atoms with Crippen molar-refractivity contribution in [2.45, 2.75) is 44.2 Å². The molecule has 5 heteroatoms. The van der Waals surface area contributed by atoms with Gasteiger partial charge in [-0.2, -0.15) is 0 Å². The molecule has 1 aromatic rings. The summed E-state index contributed by atoms with van der Waals surface area (Å²) in [7, 11) is -3.53. The highest BCUT2D eigenvalue weighted by atomic mass is 32.2. The third kappa shape index (κ3) is 4.27. The number of hydrogen-bond donors (Lipinski definition) is 2. The molecule has 0 saturated heterocycles. The van der Waals surface area contributed by atoms with Crippen molar-refractivity contribution in [2.75, 3.05) is 5.32 Å². The molecule has 0 fully saturated rings. The molecule has 1 aromatic carbocycles. The summed E-state index contributed by atoms with van der Waals surface area (Å²) in [6.45, 7) is 5.51. The van der Waals surface area contributed by atoms with Gasteiger partial charge in [0, 0.05) is 6.04 Å². The minimum atomic E-state index is -3.53. The molecule has 0 spiro atoms. The van der Waals surface area contributed by atoms with Gasteiger partial charge in [-0.25, -0.2) is 13.1 Å². The molecule has 0 aromatic heterocycles. The maximum Gasteiger partial charge on any atom is 0.242 e. The van der Waals surface area contributed by atoms with Gasteiger partial charge in [-0.3, -0.25) is 0 Å². The van der Waals surface area contributed by atoms with E-state index in [-0.39, 0.29) is 17.0 Å². The second-order valence-corrected chi connectivity index (χ2v) is 6.23. The molecule has 1 atom stereocenters. The van der Waals surface area contributed by atoms with Crippen molar-refractivity contribution in [3.05, 3.63) is 24.3 Å². The van der Waals surface area contributed by atoms with E-state index in [1.54, 1.807) is 38.1 Å². The van der Waals surface area contributed by atoms with Gasteiger partial charge in [-0.05, 0) is 32.4 Å². The lowest BCUT2D eigenvalue weighted by atomic mass is 10.2. The Labute approximate surface area is 115 Å². The summed E-state index contributed by atoms with van der Waals surface area (Å²) in [4.78, 5) is 0.220. The molecule has 4 nitrogen and oxygen atoms in total. The molecule has 0 radical (unpaired) electrons. The van der Waals surface area contributed by atoms with Crippen molar-refractivity contribution in [2.24, 2.45) is 0 Å². The number of para-hydroxylation sites is 1. The zero-order valence-corrected chi connectivity index (χ0v) is 12.3. The van der Waals surface area contributed by atoms with E-state index in [1.165, 1.54) is 0 Å². The molecule has 0 saturated carbocycles. The van der Waals surface area contributed by atoms with Gasteiger partial charge in [-0.15, -0.1) is 6.42 Å². The van der Waals surface area contributed by atoms with Crippen molar-refractivity contribution < 1.29 is 8.42 Å². The Morgan fingerprint density at radius 1 is 1.32 bits per heavy atom. The Bertz CT molecular complexity index is 559. The van der Waals surface area contributed by atoms with Crippen molar-refractivity contribution in [1.29, 1.82) is 0 Å². The Balaban J connectivity index is 3.13. The first-order chi connectivity index (χ1) is 8.90. The topological polar surface area (TPSA) is 58.2 Å². The van der Waals surface area contributed by atoms with Crippen molar-refractivity contribution in [3.8, 4) is 12.3 Å². The zero-order valence-electron chi connectivity index (χ0n) is 11.5. The average Bonchev–Trinajstić information content (AvgIpc) is 2.34. The first-order valence-electron chi connectivity index (χ1n) is 6.24. The highest BCUT2D eigenvalue weighted by Gasteiger charge is 2.19. The molecule has 0 heterocycles. The number of anilines is 1. The van der Waals surface area contributed by atoms with Gasteiger partial charge in [0.2, 0.25) is 10.0 Å². The van der Waals surface area contributed by atoms with Crippen LogP contribution in [0.25, 0.3) is 0 Å². The molecule has 19 heavy (non-hydrogen) atoms. The highest BCUT2D eigenvalue weighted by Crippen LogP contribution is 2.22. The summed E-state index contributed by atoms with van der Waals surface area (Å²) in [6, 6.07) is 6.41. The smallest absolute Gasteiger partial charge is 0.242 e. The number of terminal acetylenes is 1. The second kappa shape index (κ2) is 6.60. The summed E-state index contributed by atoms with van der Waals surface area (Å²) >= 11 is 0. The van der Waals surface area contributed by atoms with Gasteiger partial charge in [-0.1, -0.05) is 25.0 Å². The quantitative estimate of drug-likeness (QED) is 0.785. The average molecular weight is 280 g/mol. The lowest BCUT2D eigenvalue weighted by Gasteiger charge is -2.17. The van der Waals surface area contributed by atoms with Crippen LogP contribution in [-0.4, -0.2) is 20.5 Å². The monoisotopic (exact) mass is 280 g/mol. The fraction of sp³-hybridized carbons (Fsp3) is 0.429. The van der Waals surface area contributed by atoms with Crippen LogP contribution in [0.2, 0.25) is 0 Å². The summed E-state index contributed by atoms with van der Waals surface area (Å²) in [6.07, 6.45) is 6.12. The highest BCUT2D eigenvalue weighted by molar-refractivity contribution is 7.89. The second-order valence-electron chi connectivity index (χ2n) is 4.54. The Kier molecular flexibility index (Phi) is 5.40. The predicted octanol–water partition coefficient (Wildman–Crippen LogP) is 2.20. The first-order valence-corrected chi connectivity index (χ1v) is 7.73. The van der Waals surface area contributed by atoms with Crippen LogP contribution < -0.4 is 10.0 Å². The van der Waals surface area contributed by atoms with Crippen LogP contribution in [0.5, 0.6) is 0 Å². The molecule has 0 aliphatic rings.